The minimum absolute atomic E-state index is 0.0129. The van der Waals surface area contributed by atoms with Crippen LogP contribution in [0.25, 0.3) is 0 Å². The summed E-state index contributed by atoms with van der Waals surface area (Å²) >= 11 is 4.62. The zero-order valence-electron chi connectivity index (χ0n) is 13.5. The van der Waals surface area contributed by atoms with Crippen molar-refractivity contribution in [1.29, 1.82) is 0 Å². The van der Waals surface area contributed by atoms with Gasteiger partial charge in [0.25, 0.3) is 5.91 Å². The standard InChI is InChI=1S/C16H19BrN4O2S/c1-3-5-12(4-2)23-21-14(11-6-7-13(17)19-10-11)15(22)20-16-18-8-9-24-16/h6-10,12H,3-5H2,1-2H3,(H,18,20,22)/b21-14+. The Kier molecular flexibility index (Phi) is 7.33. The molecule has 8 heteroatoms. The lowest BCUT2D eigenvalue weighted by Gasteiger charge is -2.13. The summed E-state index contributed by atoms with van der Waals surface area (Å²) in [5.41, 5.74) is 0.762. The summed E-state index contributed by atoms with van der Waals surface area (Å²) in [6.07, 6.45) is 5.91. The molecule has 2 aromatic rings. The number of nitrogens with one attached hydrogen (secondary N) is 1. The van der Waals surface area contributed by atoms with Crippen LogP contribution in [0.4, 0.5) is 5.13 Å². The molecule has 0 aliphatic rings. The minimum Gasteiger partial charge on any atom is -0.392 e. The molecule has 24 heavy (non-hydrogen) atoms. The van der Waals surface area contributed by atoms with Gasteiger partial charge in [-0.15, -0.1) is 11.3 Å². The smallest absolute Gasteiger partial charge is 0.280 e. The topological polar surface area (TPSA) is 76.5 Å². The van der Waals surface area contributed by atoms with Gasteiger partial charge >= 0.3 is 0 Å². The number of pyridine rings is 1. The number of oxime groups is 1. The van der Waals surface area contributed by atoms with Crippen LogP contribution >= 0.6 is 27.3 Å². The lowest BCUT2D eigenvalue weighted by atomic mass is 10.1. The molecule has 1 N–H and O–H groups in total. The third-order valence-electron chi connectivity index (χ3n) is 3.23. The van der Waals surface area contributed by atoms with Gasteiger partial charge < -0.3 is 4.84 Å². The fourth-order valence-electron chi connectivity index (χ4n) is 1.96. The maximum absolute atomic E-state index is 12.6. The molecule has 0 spiro atoms. The number of carbonyl (C=O) groups excluding carboxylic acids is 1. The first-order chi connectivity index (χ1) is 11.6. The van der Waals surface area contributed by atoms with Crippen LogP contribution in [0.3, 0.4) is 0 Å². The van der Waals surface area contributed by atoms with Gasteiger partial charge in [-0.1, -0.05) is 25.4 Å². The van der Waals surface area contributed by atoms with Gasteiger partial charge in [0.05, 0.1) is 0 Å². The molecule has 0 aliphatic carbocycles. The zero-order chi connectivity index (χ0) is 17.4. The third kappa shape index (κ3) is 5.38. The number of anilines is 1. The highest BCUT2D eigenvalue weighted by atomic mass is 79.9. The summed E-state index contributed by atoms with van der Waals surface area (Å²) in [6, 6.07) is 3.52. The molecule has 1 unspecified atom stereocenters. The van der Waals surface area contributed by atoms with E-state index in [0.29, 0.717) is 15.3 Å². The number of carbonyl (C=O) groups is 1. The number of hydrogen-bond donors (Lipinski definition) is 1. The second-order valence-electron chi connectivity index (χ2n) is 5.03. The van der Waals surface area contributed by atoms with E-state index in [4.69, 9.17) is 4.84 Å². The summed E-state index contributed by atoms with van der Waals surface area (Å²) in [5.74, 6) is -0.375. The van der Waals surface area contributed by atoms with Crippen LogP contribution in [0.2, 0.25) is 0 Å². The predicted molar refractivity (Wildman–Crippen MR) is 99.3 cm³/mol. The van der Waals surface area contributed by atoms with Gasteiger partial charge in [0.1, 0.15) is 10.7 Å². The molecule has 0 saturated carbocycles. The average molecular weight is 411 g/mol. The van der Waals surface area contributed by atoms with Gasteiger partial charge in [-0.3, -0.25) is 10.1 Å². The van der Waals surface area contributed by atoms with E-state index in [1.54, 1.807) is 29.9 Å². The quantitative estimate of drug-likeness (QED) is 0.401. The Morgan fingerprint density at radius 1 is 1.42 bits per heavy atom. The highest BCUT2D eigenvalue weighted by Gasteiger charge is 2.18. The van der Waals surface area contributed by atoms with Crippen molar-refractivity contribution in [2.45, 2.75) is 39.2 Å². The number of rotatable bonds is 8. The summed E-state index contributed by atoms with van der Waals surface area (Å²) in [7, 11) is 0. The van der Waals surface area contributed by atoms with Crippen LogP contribution < -0.4 is 5.32 Å². The number of thiazole rings is 1. The summed E-state index contributed by atoms with van der Waals surface area (Å²) < 4.78 is 0.685. The zero-order valence-corrected chi connectivity index (χ0v) is 15.9. The highest BCUT2D eigenvalue weighted by molar-refractivity contribution is 9.10. The Labute approximate surface area is 153 Å². The second-order valence-corrected chi connectivity index (χ2v) is 6.73. The van der Waals surface area contributed by atoms with Crippen LogP contribution in [-0.4, -0.2) is 27.7 Å². The molecule has 2 heterocycles. The van der Waals surface area contributed by atoms with Crippen molar-refractivity contribution in [3.8, 4) is 0 Å². The van der Waals surface area contributed by atoms with Crippen molar-refractivity contribution >= 4 is 44.0 Å². The first kappa shape index (κ1) is 18.5. The van der Waals surface area contributed by atoms with Crippen LogP contribution in [0.5, 0.6) is 0 Å². The number of halogens is 1. The van der Waals surface area contributed by atoms with Crippen molar-refractivity contribution in [3.63, 3.8) is 0 Å². The first-order valence-electron chi connectivity index (χ1n) is 7.70. The van der Waals surface area contributed by atoms with E-state index in [2.05, 4.69) is 43.3 Å². The van der Waals surface area contributed by atoms with Crippen LogP contribution in [0.15, 0.2) is 39.7 Å². The van der Waals surface area contributed by atoms with E-state index in [9.17, 15) is 4.79 Å². The highest BCUT2D eigenvalue weighted by Crippen LogP contribution is 2.14. The predicted octanol–water partition coefficient (Wildman–Crippen LogP) is 4.24. The normalized spacial score (nSPS) is 12.7. The maximum atomic E-state index is 12.6. The lowest BCUT2D eigenvalue weighted by molar-refractivity contribution is -0.110. The van der Waals surface area contributed by atoms with Gasteiger partial charge in [0.15, 0.2) is 10.8 Å². The summed E-state index contributed by atoms with van der Waals surface area (Å²) in [6.45, 7) is 4.12. The number of hydrogen-bond acceptors (Lipinski definition) is 6. The second kappa shape index (κ2) is 9.48. The fourth-order valence-corrected chi connectivity index (χ4v) is 2.72. The summed E-state index contributed by atoms with van der Waals surface area (Å²) in [4.78, 5) is 26.4. The minimum atomic E-state index is -0.375. The molecular formula is C16H19BrN4O2S. The van der Waals surface area contributed by atoms with Crippen molar-refractivity contribution in [2.24, 2.45) is 5.16 Å². The molecule has 0 bridgehead atoms. The molecule has 2 aromatic heterocycles. The van der Waals surface area contributed by atoms with E-state index in [1.165, 1.54) is 11.3 Å². The van der Waals surface area contributed by atoms with Gasteiger partial charge in [-0.25, -0.2) is 9.97 Å². The Balaban J connectivity index is 2.23. The maximum Gasteiger partial charge on any atom is 0.280 e. The number of aromatic nitrogens is 2. The van der Waals surface area contributed by atoms with E-state index >= 15 is 0 Å². The molecule has 0 saturated heterocycles. The molecular weight excluding hydrogens is 392 g/mol. The first-order valence-corrected chi connectivity index (χ1v) is 9.37. The third-order valence-corrected chi connectivity index (χ3v) is 4.39. The van der Waals surface area contributed by atoms with Crippen molar-refractivity contribution in [2.75, 3.05) is 5.32 Å². The van der Waals surface area contributed by atoms with Gasteiger partial charge in [0.2, 0.25) is 0 Å². The molecule has 0 aromatic carbocycles. The Morgan fingerprint density at radius 3 is 2.83 bits per heavy atom. The molecule has 2 rings (SSSR count). The van der Waals surface area contributed by atoms with Gasteiger partial charge in [-0.2, -0.15) is 0 Å². The van der Waals surface area contributed by atoms with E-state index < -0.39 is 0 Å². The van der Waals surface area contributed by atoms with Crippen LogP contribution in [0, 0.1) is 0 Å². The van der Waals surface area contributed by atoms with Gasteiger partial charge in [-0.05, 0) is 40.9 Å². The van der Waals surface area contributed by atoms with Gasteiger partial charge in [0, 0.05) is 23.3 Å². The van der Waals surface area contributed by atoms with E-state index in [0.717, 1.165) is 19.3 Å². The molecule has 1 atom stereocenters. The van der Waals surface area contributed by atoms with Crippen LogP contribution in [0.1, 0.15) is 38.7 Å². The average Bonchev–Trinajstić information content (AvgIpc) is 3.08. The molecule has 0 fully saturated rings. The SMILES string of the molecule is CCCC(CC)O/N=C(/C(=O)Nc1nccs1)c1ccc(Br)nc1. The van der Waals surface area contributed by atoms with Crippen molar-refractivity contribution < 1.29 is 9.63 Å². The molecule has 6 nitrogen and oxygen atoms in total. The summed E-state index contributed by atoms with van der Waals surface area (Å²) in [5, 5.41) is 9.15. The molecule has 128 valence electrons. The number of nitrogens with zero attached hydrogens (tertiary/aromatic N) is 3. The number of amides is 1. The Hall–Kier alpha value is -1.80. The Bertz CT molecular complexity index is 674. The molecule has 0 radical (unpaired) electrons. The fraction of sp³-hybridized carbons (Fsp3) is 0.375. The largest absolute Gasteiger partial charge is 0.392 e. The van der Waals surface area contributed by atoms with Crippen LogP contribution in [-0.2, 0) is 9.63 Å². The Morgan fingerprint density at radius 2 is 2.25 bits per heavy atom. The van der Waals surface area contributed by atoms with Crippen molar-refractivity contribution in [3.05, 3.63) is 40.1 Å². The van der Waals surface area contributed by atoms with E-state index in [1.807, 2.05) is 6.92 Å². The monoisotopic (exact) mass is 410 g/mol. The van der Waals surface area contributed by atoms with Crippen molar-refractivity contribution in [1.82, 2.24) is 9.97 Å². The molecule has 1 amide bonds. The van der Waals surface area contributed by atoms with E-state index in [-0.39, 0.29) is 17.7 Å². The molecule has 0 aliphatic heterocycles. The lowest BCUT2D eigenvalue weighted by Crippen LogP contribution is -2.25.